The van der Waals surface area contributed by atoms with Crippen molar-refractivity contribution in [2.24, 2.45) is 0 Å². The van der Waals surface area contributed by atoms with Gasteiger partial charge < -0.3 is 5.32 Å². The van der Waals surface area contributed by atoms with Gasteiger partial charge in [0.05, 0.1) is 12.6 Å². The number of hydrogen-bond donors (Lipinski definition) is 1. The van der Waals surface area contributed by atoms with E-state index in [2.05, 4.69) is 22.9 Å². The van der Waals surface area contributed by atoms with E-state index in [4.69, 9.17) is 5.26 Å². The van der Waals surface area contributed by atoms with Crippen molar-refractivity contribution in [2.75, 3.05) is 26.2 Å². The number of nitrogens with zero attached hydrogens (tertiary/aromatic N) is 2. The second kappa shape index (κ2) is 5.74. The van der Waals surface area contributed by atoms with Crippen LogP contribution in [0.3, 0.4) is 0 Å². The predicted octanol–water partition coefficient (Wildman–Crippen LogP) is 0.750. The highest BCUT2D eigenvalue weighted by atomic mass is 15.2. The Balaban J connectivity index is 2.25. The first-order chi connectivity index (χ1) is 6.36. The molecule has 1 unspecified atom stereocenters. The molecule has 72 valence electrons. The molecule has 0 bridgehead atoms. The van der Waals surface area contributed by atoms with E-state index in [1.807, 2.05) is 6.08 Å². The van der Waals surface area contributed by atoms with Gasteiger partial charge in [-0.1, -0.05) is 6.08 Å². The molecular weight excluding hydrogens is 162 g/mol. The van der Waals surface area contributed by atoms with Gasteiger partial charge in [0.1, 0.15) is 0 Å². The fourth-order valence-corrected chi connectivity index (χ4v) is 1.76. The summed E-state index contributed by atoms with van der Waals surface area (Å²) >= 11 is 0. The number of nitrogens with one attached hydrogen (secondary N) is 1. The summed E-state index contributed by atoms with van der Waals surface area (Å²) in [7, 11) is 0. The second-order valence-electron chi connectivity index (χ2n) is 3.43. The fraction of sp³-hybridized carbons (Fsp3) is 0.700. The van der Waals surface area contributed by atoms with Crippen LogP contribution in [0.25, 0.3) is 0 Å². The Morgan fingerprint density at radius 1 is 1.69 bits per heavy atom. The molecule has 0 aliphatic carbocycles. The molecule has 1 N–H and O–H groups in total. The van der Waals surface area contributed by atoms with Gasteiger partial charge in [-0.25, -0.2) is 0 Å². The van der Waals surface area contributed by atoms with Gasteiger partial charge in [0, 0.05) is 19.1 Å². The first-order valence-corrected chi connectivity index (χ1v) is 4.80. The number of likely N-dealkylation sites (tertiary alicyclic amines) is 1. The maximum Gasteiger partial charge on any atom is 0.0843 e. The van der Waals surface area contributed by atoms with E-state index in [-0.39, 0.29) is 0 Å². The first-order valence-electron chi connectivity index (χ1n) is 4.80. The summed E-state index contributed by atoms with van der Waals surface area (Å²) in [4.78, 5) is 2.37. The molecule has 0 aromatic rings. The van der Waals surface area contributed by atoms with E-state index in [9.17, 15) is 0 Å². The van der Waals surface area contributed by atoms with Crippen LogP contribution in [0.5, 0.6) is 0 Å². The van der Waals surface area contributed by atoms with Gasteiger partial charge in [-0.15, -0.1) is 6.58 Å². The summed E-state index contributed by atoms with van der Waals surface area (Å²) in [5.41, 5.74) is 0. The van der Waals surface area contributed by atoms with Crippen LogP contribution in [-0.2, 0) is 0 Å². The molecule has 3 nitrogen and oxygen atoms in total. The van der Waals surface area contributed by atoms with E-state index >= 15 is 0 Å². The van der Waals surface area contributed by atoms with Crippen LogP contribution in [0, 0.1) is 11.3 Å². The molecule has 1 rings (SSSR count). The average Bonchev–Trinajstić information content (AvgIpc) is 2.16. The van der Waals surface area contributed by atoms with Crippen LogP contribution in [0.2, 0.25) is 0 Å². The Morgan fingerprint density at radius 2 is 2.54 bits per heavy atom. The molecule has 13 heavy (non-hydrogen) atoms. The average molecular weight is 179 g/mol. The molecule has 0 radical (unpaired) electrons. The summed E-state index contributed by atoms with van der Waals surface area (Å²) in [6, 6.07) is 2.61. The van der Waals surface area contributed by atoms with E-state index in [1.54, 1.807) is 0 Å². The summed E-state index contributed by atoms with van der Waals surface area (Å²) in [6.45, 7) is 7.37. The van der Waals surface area contributed by atoms with Crippen molar-refractivity contribution in [1.82, 2.24) is 10.2 Å². The molecule has 1 aliphatic rings. The summed E-state index contributed by atoms with van der Waals surface area (Å²) in [5, 5.41) is 11.6. The molecule has 3 heteroatoms. The topological polar surface area (TPSA) is 39.1 Å². The van der Waals surface area contributed by atoms with Crippen LogP contribution in [-0.4, -0.2) is 37.1 Å². The Kier molecular flexibility index (Phi) is 4.52. The van der Waals surface area contributed by atoms with Crippen LogP contribution in [0.4, 0.5) is 0 Å². The molecule has 0 aromatic carbocycles. The summed E-state index contributed by atoms with van der Waals surface area (Å²) in [6.07, 6.45) is 4.35. The minimum Gasteiger partial charge on any atom is -0.300 e. The lowest BCUT2D eigenvalue weighted by atomic mass is 10.1. The highest BCUT2D eigenvalue weighted by molar-refractivity contribution is 4.85. The minimum absolute atomic E-state index is 0.465. The van der Waals surface area contributed by atoms with Crippen LogP contribution in [0.15, 0.2) is 12.7 Å². The quantitative estimate of drug-likeness (QED) is 0.511. The lowest BCUT2D eigenvalue weighted by molar-refractivity contribution is 0.211. The molecule has 0 spiro atoms. The number of rotatable bonds is 4. The molecule has 0 saturated carbocycles. The molecule has 0 aromatic heterocycles. The van der Waals surface area contributed by atoms with Crippen molar-refractivity contribution in [3.05, 3.63) is 12.7 Å². The molecule has 1 saturated heterocycles. The van der Waals surface area contributed by atoms with Gasteiger partial charge in [0.15, 0.2) is 0 Å². The SMILES string of the molecule is C=CCN1CCCC(NCC#N)C1. The zero-order chi connectivity index (χ0) is 9.52. The molecule has 1 heterocycles. The Morgan fingerprint density at radius 3 is 3.23 bits per heavy atom. The van der Waals surface area contributed by atoms with E-state index < -0.39 is 0 Å². The highest BCUT2D eigenvalue weighted by Gasteiger charge is 2.17. The molecule has 1 fully saturated rings. The van der Waals surface area contributed by atoms with Crippen molar-refractivity contribution in [2.45, 2.75) is 18.9 Å². The Labute approximate surface area is 80.0 Å². The third-order valence-electron chi connectivity index (χ3n) is 2.36. The maximum atomic E-state index is 8.42. The Bertz CT molecular complexity index is 195. The van der Waals surface area contributed by atoms with Gasteiger partial charge in [0.2, 0.25) is 0 Å². The van der Waals surface area contributed by atoms with E-state index in [1.165, 1.54) is 12.8 Å². The molecule has 1 aliphatic heterocycles. The van der Waals surface area contributed by atoms with Crippen molar-refractivity contribution >= 4 is 0 Å². The molecule has 0 amide bonds. The van der Waals surface area contributed by atoms with Gasteiger partial charge in [0.25, 0.3) is 0 Å². The van der Waals surface area contributed by atoms with Gasteiger partial charge >= 0.3 is 0 Å². The van der Waals surface area contributed by atoms with Crippen molar-refractivity contribution in [1.29, 1.82) is 5.26 Å². The lowest BCUT2D eigenvalue weighted by Crippen LogP contribution is -2.45. The maximum absolute atomic E-state index is 8.42. The summed E-state index contributed by atoms with van der Waals surface area (Å²) in [5.74, 6) is 0. The third-order valence-corrected chi connectivity index (χ3v) is 2.36. The fourth-order valence-electron chi connectivity index (χ4n) is 1.76. The smallest absolute Gasteiger partial charge is 0.0843 e. The second-order valence-corrected chi connectivity index (χ2v) is 3.43. The van der Waals surface area contributed by atoms with Crippen LogP contribution >= 0.6 is 0 Å². The molecule has 1 atom stereocenters. The minimum atomic E-state index is 0.465. The predicted molar refractivity (Wildman–Crippen MR) is 53.3 cm³/mol. The van der Waals surface area contributed by atoms with E-state index in [0.717, 1.165) is 19.6 Å². The molecular formula is C10H17N3. The third kappa shape index (κ3) is 3.58. The van der Waals surface area contributed by atoms with Crippen molar-refractivity contribution in [3.63, 3.8) is 0 Å². The first kappa shape index (κ1) is 10.2. The lowest BCUT2D eigenvalue weighted by Gasteiger charge is -2.31. The number of hydrogen-bond acceptors (Lipinski definition) is 3. The normalized spacial score (nSPS) is 23.8. The largest absolute Gasteiger partial charge is 0.300 e. The van der Waals surface area contributed by atoms with Gasteiger partial charge in [-0.2, -0.15) is 5.26 Å². The van der Waals surface area contributed by atoms with Crippen molar-refractivity contribution < 1.29 is 0 Å². The zero-order valence-electron chi connectivity index (χ0n) is 8.00. The monoisotopic (exact) mass is 179 g/mol. The Hall–Kier alpha value is -0.850. The van der Waals surface area contributed by atoms with Crippen LogP contribution < -0.4 is 5.32 Å². The standard InChI is InChI=1S/C10H17N3/c1-2-7-13-8-3-4-10(9-13)12-6-5-11/h2,10,12H,1,3-4,6-9H2. The summed E-state index contributed by atoms with van der Waals surface area (Å²) < 4.78 is 0. The number of piperidine rings is 1. The highest BCUT2D eigenvalue weighted by Crippen LogP contribution is 2.09. The zero-order valence-corrected chi connectivity index (χ0v) is 8.00. The van der Waals surface area contributed by atoms with Crippen LogP contribution in [0.1, 0.15) is 12.8 Å². The van der Waals surface area contributed by atoms with Crippen molar-refractivity contribution in [3.8, 4) is 6.07 Å². The van der Waals surface area contributed by atoms with Gasteiger partial charge in [-0.05, 0) is 19.4 Å². The van der Waals surface area contributed by atoms with Gasteiger partial charge in [-0.3, -0.25) is 4.90 Å². The number of nitriles is 1. The van der Waals surface area contributed by atoms with E-state index in [0.29, 0.717) is 12.6 Å².